The fourth-order valence-corrected chi connectivity index (χ4v) is 4.68. The fourth-order valence-electron chi connectivity index (χ4n) is 4.68. The van der Waals surface area contributed by atoms with Crippen molar-refractivity contribution in [1.82, 2.24) is 9.97 Å². The number of hydrogen-bond donors (Lipinski definition) is 1. The number of ether oxygens (including phenoxy) is 1. The number of carboxylic acid groups (broad SMARTS) is 1. The van der Waals surface area contributed by atoms with E-state index in [1.165, 1.54) is 11.1 Å². The lowest BCUT2D eigenvalue weighted by atomic mass is 9.82. The molecule has 3 heterocycles. The smallest absolute Gasteiger partial charge is 0.307 e. The first-order valence-electron chi connectivity index (χ1n) is 12.3. The molecule has 6 heteroatoms. The van der Waals surface area contributed by atoms with Gasteiger partial charge in [0, 0.05) is 42.5 Å². The van der Waals surface area contributed by atoms with Crippen LogP contribution in [0.15, 0.2) is 48.8 Å². The number of piperidine rings is 1. The van der Waals surface area contributed by atoms with E-state index in [-0.39, 0.29) is 6.42 Å². The van der Waals surface area contributed by atoms with Crippen LogP contribution in [0.2, 0.25) is 0 Å². The molecule has 0 bridgehead atoms. The van der Waals surface area contributed by atoms with E-state index in [1.807, 2.05) is 37.4 Å². The summed E-state index contributed by atoms with van der Waals surface area (Å²) >= 11 is 0. The number of hydrogen-bond acceptors (Lipinski definition) is 5. The second-order valence-corrected chi connectivity index (χ2v) is 10.2. The van der Waals surface area contributed by atoms with E-state index in [0.717, 1.165) is 66.3 Å². The number of pyridine rings is 2. The molecular weight excluding hydrogens is 438 g/mol. The predicted molar refractivity (Wildman–Crippen MR) is 139 cm³/mol. The molecule has 35 heavy (non-hydrogen) atoms. The normalized spacial score (nSPS) is 15.1. The van der Waals surface area contributed by atoms with Crippen LogP contribution >= 0.6 is 0 Å². The third-order valence-corrected chi connectivity index (χ3v) is 7.04. The van der Waals surface area contributed by atoms with Gasteiger partial charge in [-0.1, -0.05) is 38.1 Å². The van der Waals surface area contributed by atoms with Crippen LogP contribution in [0.25, 0.3) is 11.3 Å². The zero-order chi connectivity index (χ0) is 25.0. The lowest BCUT2D eigenvalue weighted by Crippen LogP contribution is -2.38. The standard InChI is InChI=1S/C29H35N3O3/c1-20-7-5-6-8-22(20)11-16-35-23-9-10-26(31-18-23)25-19-30-21(2)24(17-27(33)34)28(25)32-14-12-29(3,4)13-15-32/h5-10,18-19H,11-17H2,1-4H3,(H,33,34). The van der Waals surface area contributed by atoms with Gasteiger partial charge in [-0.15, -0.1) is 0 Å². The second kappa shape index (κ2) is 10.5. The maximum Gasteiger partial charge on any atom is 0.307 e. The molecule has 1 saturated heterocycles. The highest BCUT2D eigenvalue weighted by Crippen LogP contribution is 2.39. The van der Waals surface area contributed by atoms with Crippen LogP contribution in [-0.4, -0.2) is 40.7 Å². The molecule has 0 radical (unpaired) electrons. The lowest BCUT2D eigenvalue weighted by molar-refractivity contribution is -0.136. The van der Waals surface area contributed by atoms with Crippen molar-refractivity contribution in [3.63, 3.8) is 0 Å². The number of anilines is 1. The molecular formula is C29H35N3O3. The quantitative estimate of drug-likeness (QED) is 0.457. The van der Waals surface area contributed by atoms with Gasteiger partial charge in [0.2, 0.25) is 0 Å². The molecule has 1 aromatic carbocycles. The molecule has 1 aliphatic heterocycles. The van der Waals surface area contributed by atoms with Gasteiger partial charge < -0.3 is 14.7 Å². The number of aromatic nitrogens is 2. The molecule has 0 unspecified atom stereocenters. The Morgan fingerprint density at radius 3 is 2.46 bits per heavy atom. The first-order chi connectivity index (χ1) is 16.7. The zero-order valence-electron chi connectivity index (χ0n) is 21.2. The minimum absolute atomic E-state index is 0.0536. The largest absolute Gasteiger partial charge is 0.492 e. The lowest BCUT2D eigenvalue weighted by Gasteiger charge is -2.40. The van der Waals surface area contributed by atoms with Crippen molar-refractivity contribution in [3.05, 3.63) is 71.2 Å². The third-order valence-electron chi connectivity index (χ3n) is 7.04. The van der Waals surface area contributed by atoms with Gasteiger partial charge in [0.15, 0.2) is 0 Å². The van der Waals surface area contributed by atoms with Gasteiger partial charge in [0.1, 0.15) is 5.75 Å². The van der Waals surface area contributed by atoms with Crippen LogP contribution in [-0.2, 0) is 17.6 Å². The van der Waals surface area contributed by atoms with Crippen molar-refractivity contribution in [3.8, 4) is 17.0 Å². The maximum absolute atomic E-state index is 11.7. The Balaban J connectivity index is 1.57. The summed E-state index contributed by atoms with van der Waals surface area (Å²) in [6.45, 7) is 10.9. The van der Waals surface area contributed by atoms with Crippen LogP contribution in [0.3, 0.4) is 0 Å². The molecule has 6 nitrogen and oxygen atoms in total. The minimum atomic E-state index is -0.851. The van der Waals surface area contributed by atoms with Crippen molar-refractivity contribution in [2.45, 2.75) is 53.4 Å². The highest BCUT2D eigenvalue weighted by atomic mass is 16.5. The fraction of sp³-hybridized carbons (Fsp3) is 0.414. The van der Waals surface area contributed by atoms with Crippen LogP contribution in [0, 0.1) is 19.3 Å². The van der Waals surface area contributed by atoms with E-state index in [4.69, 9.17) is 4.74 Å². The van der Waals surface area contributed by atoms with E-state index in [0.29, 0.717) is 12.0 Å². The molecule has 4 rings (SSSR count). The molecule has 0 atom stereocenters. The van der Waals surface area contributed by atoms with E-state index in [2.05, 4.69) is 47.8 Å². The number of carboxylic acids is 1. The number of benzene rings is 1. The molecule has 0 aliphatic carbocycles. The molecule has 1 aliphatic rings. The first kappa shape index (κ1) is 24.7. The minimum Gasteiger partial charge on any atom is -0.492 e. The van der Waals surface area contributed by atoms with Gasteiger partial charge in [0.05, 0.1) is 30.6 Å². The summed E-state index contributed by atoms with van der Waals surface area (Å²) in [4.78, 5) is 23.3. The van der Waals surface area contributed by atoms with Gasteiger partial charge in [0.25, 0.3) is 0 Å². The topological polar surface area (TPSA) is 75.6 Å². The summed E-state index contributed by atoms with van der Waals surface area (Å²) in [5.74, 6) is -0.134. The Bertz CT molecular complexity index is 1180. The van der Waals surface area contributed by atoms with E-state index in [1.54, 1.807) is 6.20 Å². The molecule has 0 amide bonds. The summed E-state index contributed by atoms with van der Waals surface area (Å²) in [6, 6.07) is 12.2. The molecule has 1 N–H and O–H groups in total. The van der Waals surface area contributed by atoms with Gasteiger partial charge >= 0.3 is 5.97 Å². The molecule has 0 saturated carbocycles. The second-order valence-electron chi connectivity index (χ2n) is 10.2. The Labute approximate surface area is 208 Å². The van der Waals surface area contributed by atoms with Crippen molar-refractivity contribution >= 4 is 11.7 Å². The highest BCUT2D eigenvalue weighted by molar-refractivity contribution is 5.83. The monoisotopic (exact) mass is 473 g/mol. The third kappa shape index (κ3) is 5.99. The predicted octanol–water partition coefficient (Wildman–Crippen LogP) is 5.64. The molecule has 0 spiro atoms. The molecule has 1 fully saturated rings. The molecule has 2 aromatic heterocycles. The number of aryl methyl sites for hydroxylation is 2. The number of nitrogens with zero attached hydrogens (tertiary/aromatic N) is 3. The average Bonchev–Trinajstić information content (AvgIpc) is 2.82. The zero-order valence-corrected chi connectivity index (χ0v) is 21.2. The molecule has 184 valence electrons. The summed E-state index contributed by atoms with van der Waals surface area (Å²) in [6.07, 6.45) is 6.47. The Morgan fingerprint density at radius 2 is 1.80 bits per heavy atom. The number of rotatable bonds is 8. The van der Waals surface area contributed by atoms with Crippen molar-refractivity contribution in [1.29, 1.82) is 0 Å². The van der Waals surface area contributed by atoms with E-state index in [9.17, 15) is 9.90 Å². The summed E-state index contributed by atoms with van der Waals surface area (Å²) < 4.78 is 5.95. The van der Waals surface area contributed by atoms with Gasteiger partial charge in [-0.05, 0) is 55.4 Å². The van der Waals surface area contributed by atoms with Gasteiger partial charge in [-0.2, -0.15) is 0 Å². The average molecular weight is 474 g/mol. The van der Waals surface area contributed by atoms with Gasteiger partial charge in [-0.25, -0.2) is 0 Å². The maximum atomic E-state index is 11.7. The Kier molecular flexibility index (Phi) is 7.39. The summed E-state index contributed by atoms with van der Waals surface area (Å²) in [7, 11) is 0. The Hall–Kier alpha value is -3.41. The Morgan fingerprint density at radius 1 is 1.06 bits per heavy atom. The van der Waals surface area contributed by atoms with Gasteiger partial charge in [-0.3, -0.25) is 14.8 Å². The van der Waals surface area contributed by atoms with Crippen LogP contribution in [0.4, 0.5) is 5.69 Å². The molecule has 3 aromatic rings. The van der Waals surface area contributed by atoms with Crippen LogP contribution in [0.1, 0.15) is 49.1 Å². The van der Waals surface area contributed by atoms with E-state index >= 15 is 0 Å². The summed E-state index contributed by atoms with van der Waals surface area (Å²) in [5, 5.41) is 9.60. The van der Waals surface area contributed by atoms with Crippen molar-refractivity contribution in [2.75, 3.05) is 24.6 Å². The number of aliphatic carboxylic acids is 1. The van der Waals surface area contributed by atoms with Crippen LogP contribution < -0.4 is 9.64 Å². The number of carbonyl (C=O) groups is 1. The first-order valence-corrected chi connectivity index (χ1v) is 12.3. The van der Waals surface area contributed by atoms with Crippen molar-refractivity contribution < 1.29 is 14.6 Å². The summed E-state index contributed by atoms with van der Waals surface area (Å²) in [5.41, 5.74) is 6.97. The van der Waals surface area contributed by atoms with Crippen molar-refractivity contribution in [2.24, 2.45) is 5.41 Å². The van der Waals surface area contributed by atoms with Crippen LogP contribution in [0.5, 0.6) is 5.75 Å². The SMILES string of the molecule is Cc1ccccc1CCOc1ccc(-c2cnc(C)c(CC(=O)O)c2N2CCC(C)(C)CC2)nc1. The highest BCUT2D eigenvalue weighted by Gasteiger charge is 2.29. The van der Waals surface area contributed by atoms with E-state index < -0.39 is 5.97 Å².